The van der Waals surface area contributed by atoms with Crippen LogP contribution in [0.15, 0.2) is 24.3 Å². The molecule has 0 aliphatic heterocycles. The van der Waals surface area contributed by atoms with E-state index in [1.165, 1.54) is 5.56 Å². The number of halogens is 1. The molecule has 0 aliphatic carbocycles. The van der Waals surface area contributed by atoms with E-state index in [1.807, 2.05) is 19.1 Å². The lowest BCUT2D eigenvalue weighted by Crippen LogP contribution is -1.96. The standard InChI is InChI=1S/C11H15BrO/c1-3-13-11-6-4-5-10(7-11)9(2)8-12/h4-7,9H,3,8H2,1-2H3. The van der Waals surface area contributed by atoms with Crippen molar-refractivity contribution >= 4 is 15.9 Å². The van der Waals surface area contributed by atoms with E-state index >= 15 is 0 Å². The summed E-state index contributed by atoms with van der Waals surface area (Å²) >= 11 is 3.47. The molecule has 0 bridgehead atoms. The Kier molecular flexibility index (Phi) is 4.29. The summed E-state index contributed by atoms with van der Waals surface area (Å²) in [6.45, 7) is 4.92. The third-order valence-electron chi connectivity index (χ3n) is 1.97. The Balaban J connectivity index is 2.78. The van der Waals surface area contributed by atoms with Gasteiger partial charge in [-0.2, -0.15) is 0 Å². The van der Waals surface area contributed by atoms with Gasteiger partial charge in [0.2, 0.25) is 0 Å². The van der Waals surface area contributed by atoms with Gasteiger partial charge in [-0.25, -0.2) is 0 Å². The molecule has 0 saturated carbocycles. The summed E-state index contributed by atoms with van der Waals surface area (Å²) in [5, 5.41) is 0.989. The first kappa shape index (κ1) is 10.6. The average molecular weight is 243 g/mol. The predicted molar refractivity (Wildman–Crippen MR) is 59.8 cm³/mol. The lowest BCUT2D eigenvalue weighted by molar-refractivity contribution is 0.340. The fraction of sp³-hybridized carbons (Fsp3) is 0.455. The van der Waals surface area contributed by atoms with Crippen molar-refractivity contribution in [3.05, 3.63) is 29.8 Å². The lowest BCUT2D eigenvalue weighted by Gasteiger charge is -2.10. The lowest BCUT2D eigenvalue weighted by atomic mass is 10.0. The second kappa shape index (κ2) is 5.28. The Labute approximate surface area is 88.2 Å². The van der Waals surface area contributed by atoms with Gasteiger partial charge in [0, 0.05) is 5.33 Å². The second-order valence-corrected chi connectivity index (χ2v) is 3.71. The molecule has 0 spiro atoms. The number of hydrogen-bond donors (Lipinski definition) is 0. The number of hydrogen-bond acceptors (Lipinski definition) is 1. The van der Waals surface area contributed by atoms with Crippen molar-refractivity contribution in [3.63, 3.8) is 0 Å². The molecule has 1 aromatic rings. The van der Waals surface area contributed by atoms with Crippen LogP contribution in [0.3, 0.4) is 0 Å². The van der Waals surface area contributed by atoms with Gasteiger partial charge in [0.1, 0.15) is 5.75 Å². The van der Waals surface area contributed by atoms with E-state index in [-0.39, 0.29) is 0 Å². The number of alkyl halides is 1. The van der Waals surface area contributed by atoms with E-state index in [0.717, 1.165) is 17.7 Å². The van der Waals surface area contributed by atoms with Crippen molar-refractivity contribution < 1.29 is 4.74 Å². The maximum Gasteiger partial charge on any atom is 0.119 e. The summed E-state index contributed by atoms with van der Waals surface area (Å²) in [7, 11) is 0. The van der Waals surface area contributed by atoms with E-state index in [1.54, 1.807) is 0 Å². The Morgan fingerprint density at radius 2 is 2.23 bits per heavy atom. The van der Waals surface area contributed by atoms with Crippen molar-refractivity contribution in [1.29, 1.82) is 0 Å². The summed E-state index contributed by atoms with van der Waals surface area (Å²) < 4.78 is 5.43. The third kappa shape index (κ3) is 3.03. The molecule has 1 nitrogen and oxygen atoms in total. The van der Waals surface area contributed by atoms with Crippen molar-refractivity contribution in [2.75, 3.05) is 11.9 Å². The van der Waals surface area contributed by atoms with Gasteiger partial charge in [-0.3, -0.25) is 0 Å². The molecule has 0 saturated heterocycles. The molecule has 0 heterocycles. The van der Waals surface area contributed by atoms with Gasteiger partial charge in [-0.05, 0) is 30.5 Å². The highest BCUT2D eigenvalue weighted by Gasteiger charge is 2.03. The van der Waals surface area contributed by atoms with Gasteiger partial charge in [0.15, 0.2) is 0 Å². The van der Waals surface area contributed by atoms with Gasteiger partial charge >= 0.3 is 0 Å². The van der Waals surface area contributed by atoms with Crippen molar-refractivity contribution in [2.24, 2.45) is 0 Å². The van der Waals surface area contributed by atoms with Crippen molar-refractivity contribution in [3.8, 4) is 5.75 Å². The van der Waals surface area contributed by atoms with Crippen LogP contribution in [-0.2, 0) is 0 Å². The fourth-order valence-electron chi connectivity index (χ4n) is 1.17. The minimum absolute atomic E-state index is 0.542. The van der Waals surface area contributed by atoms with Crippen molar-refractivity contribution in [1.82, 2.24) is 0 Å². The third-order valence-corrected chi connectivity index (χ3v) is 2.94. The van der Waals surface area contributed by atoms with Gasteiger partial charge in [-0.15, -0.1) is 0 Å². The zero-order chi connectivity index (χ0) is 9.68. The molecule has 1 rings (SSSR count). The Bertz CT molecular complexity index is 260. The van der Waals surface area contributed by atoms with Gasteiger partial charge in [0.25, 0.3) is 0 Å². The summed E-state index contributed by atoms with van der Waals surface area (Å²) in [5.41, 5.74) is 1.32. The Hall–Kier alpha value is -0.500. The van der Waals surface area contributed by atoms with Crippen LogP contribution in [0.25, 0.3) is 0 Å². The van der Waals surface area contributed by atoms with Crippen LogP contribution >= 0.6 is 15.9 Å². The predicted octanol–water partition coefficient (Wildman–Crippen LogP) is 3.58. The minimum Gasteiger partial charge on any atom is -0.494 e. The second-order valence-electron chi connectivity index (χ2n) is 3.06. The first-order valence-electron chi connectivity index (χ1n) is 4.56. The van der Waals surface area contributed by atoms with E-state index in [0.29, 0.717) is 5.92 Å². The smallest absolute Gasteiger partial charge is 0.119 e. The van der Waals surface area contributed by atoms with E-state index in [2.05, 4.69) is 35.0 Å². The summed E-state index contributed by atoms with van der Waals surface area (Å²) in [4.78, 5) is 0. The molecule has 0 N–H and O–H groups in total. The molecular formula is C11H15BrO. The van der Waals surface area contributed by atoms with Crippen molar-refractivity contribution in [2.45, 2.75) is 19.8 Å². The van der Waals surface area contributed by atoms with Crippen LogP contribution in [0.1, 0.15) is 25.3 Å². The molecule has 0 aliphatic rings. The summed E-state index contributed by atoms with van der Waals surface area (Å²) in [5.74, 6) is 1.51. The Morgan fingerprint density at radius 1 is 1.46 bits per heavy atom. The molecule has 1 aromatic carbocycles. The van der Waals surface area contributed by atoms with Crippen LogP contribution in [0, 0.1) is 0 Å². The number of rotatable bonds is 4. The van der Waals surface area contributed by atoms with E-state index < -0.39 is 0 Å². The van der Waals surface area contributed by atoms with Crippen LogP contribution in [0.4, 0.5) is 0 Å². The highest BCUT2D eigenvalue weighted by Crippen LogP contribution is 2.21. The van der Waals surface area contributed by atoms with Crippen LogP contribution in [0.5, 0.6) is 5.75 Å². The van der Waals surface area contributed by atoms with Crippen LogP contribution in [0.2, 0.25) is 0 Å². The van der Waals surface area contributed by atoms with Crippen LogP contribution in [-0.4, -0.2) is 11.9 Å². The number of benzene rings is 1. The number of ether oxygens (including phenoxy) is 1. The minimum atomic E-state index is 0.542. The molecule has 0 aromatic heterocycles. The monoisotopic (exact) mass is 242 g/mol. The quantitative estimate of drug-likeness (QED) is 0.734. The zero-order valence-electron chi connectivity index (χ0n) is 8.09. The van der Waals surface area contributed by atoms with Gasteiger partial charge in [0.05, 0.1) is 6.61 Å². The summed E-state index contributed by atoms with van der Waals surface area (Å²) in [6, 6.07) is 8.28. The first-order chi connectivity index (χ1) is 6.27. The maximum atomic E-state index is 5.43. The van der Waals surface area contributed by atoms with Gasteiger partial charge < -0.3 is 4.74 Å². The molecule has 72 valence electrons. The molecule has 1 atom stereocenters. The molecule has 0 radical (unpaired) electrons. The van der Waals surface area contributed by atoms with Crippen LogP contribution < -0.4 is 4.74 Å². The maximum absolute atomic E-state index is 5.43. The molecule has 1 unspecified atom stereocenters. The normalized spacial score (nSPS) is 12.5. The topological polar surface area (TPSA) is 9.23 Å². The van der Waals surface area contributed by atoms with E-state index in [9.17, 15) is 0 Å². The molecule has 0 amide bonds. The first-order valence-corrected chi connectivity index (χ1v) is 5.68. The molecular weight excluding hydrogens is 228 g/mol. The molecule has 0 fully saturated rings. The largest absolute Gasteiger partial charge is 0.494 e. The molecule has 13 heavy (non-hydrogen) atoms. The highest BCUT2D eigenvalue weighted by atomic mass is 79.9. The zero-order valence-corrected chi connectivity index (χ0v) is 9.67. The summed E-state index contributed by atoms with van der Waals surface area (Å²) in [6.07, 6.45) is 0. The SMILES string of the molecule is CCOc1cccc(C(C)CBr)c1. The molecule has 2 heteroatoms. The highest BCUT2D eigenvalue weighted by molar-refractivity contribution is 9.09. The van der Waals surface area contributed by atoms with Gasteiger partial charge in [-0.1, -0.05) is 35.0 Å². The van der Waals surface area contributed by atoms with E-state index in [4.69, 9.17) is 4.74 Å². The average Bonchev–Trinajstić information content (AvgIpc) is 2.18. The fourth-order valence-corrected chi connectivity index (χ4v) is 1.54. The Morgan fingerprint density at radius 3 is 2.85 bits per heavy atom.